The molecule has 4 rings (SSSR count). The van der Waals surface area contributed by atoms with Gasteiger partial charge in [-0.2, -0.15) is 0 Å². The highest BCUT2D eigenvalue weighted by molar-refractivity contribution is 7.89. The molecular formula is C26H35N5O5S. The molecule has 10 nitrogen and oxygen atoms in total. The molecule has 3 aromatic rings. The predicted molar refractivity (Wildman–Crippen MR) is 142 cm³/mol. The van der Waals surface area contributed by atoms with Crippen LogP contribution in [-0.2, 0) is 16.6 Å². The minimum Gasteiger partial charge on any atom is -0.496 e. The lowest BCUT2D eigenvalue weighted by Crippen LogP contribution is -2.40. The van der Waals surface area contributed by atoms with Crippen LogP contribution in [-0.4, -0.2) is 59.0 Å². The largest absolute Gasteiger partial charge is 0.496 e. The van der Waals surface area contributed by atoms with Gasteiger partial charge in [-0.3, -0.25) is 14.6 Å². The zero-order chi connectivity index (χ0) is 26.9. The van der Waals surface area contributed by atoms with E-state index < -0.39 is 10.0 Å². The maximum atomic E-state index is 13.5. The number of hydrogen-bond donors (Lipinski definition) is 2. The third-order valence-electron chi connectivity index (χ3n) is 7.53. The van der Waals surface area contributed by atoms with Gasteiger partial charge >= 0.3 is 0 Å². The van der Waals surface area contributed by atoms with Crippen molar-refractivity contribution >= 4 is 21.4 Å². The van der Waals surface area contributed by atoms with E-state index in [0.29, 0.717) is 41.2 Å². The fourth-order valence-corrected chi connectivity index (χ4v) is 6.59. The van der Waals surface area contributed by atoms with Crippen LogP contribution >= 0.6 is 0 Å². The van der Waals surface area contributed by atoms with Gasteiger partial charge in [-0.15, -0.1) is 0 Å². The van der Waals surface area contributed by atoms with Gasteiger partial charge in [0.05, 0.1) is 42.2 Å². The average molecular weight is 530 g/mol. The highest BCUT2D eigenvalue weighted by Gasteiger charge is 2.33. The van der Waals surface area contributed by atoms with Crippen LogP contribution in [0.25, 0.3) is 5.52 Å². The van der Waals surface area contributed by atoms with E-state index in [1.165, 1.54) is 7.11 Å². The number of carbonyl (C=O) groups excluding carboxylic acids is 1. The number of nitrogens with one attached hydrogen (secondary N) is 2. The predicted octanol–water partition coefficient (Wildman–Crippen LogP) is 2.74. The summed E-state index contributed by atoms with van der Waals surface area (Å²) >= 11 is 0. The Hall–Kier alpha value is -3.18. The number of pyridine rings is 1. The number of H-pyrrole nitrogens is 1. The Morgan fingerprint density at radius 1 is 1.30 bits per heavy atom. The fourth-order valence-electron chi connectivity index (χ4n) is 5.46. The summed E-state index contributed by atoms with van der Waals surface area (Å²) in [5.74, 6) is 0.615. The maximum Gasteiger partial charge on any atom is 0.256 e. The molecule has 0 bridgehead atoms. The minimum atomic E-state index is -3.19. The molecule has 1 saturated heterocycles. The molecule has 0 spiro atoms. The van der Waals surface area contributed by atoms with E-state index in [4.69, 9.17) is 4.74 Å². The summed E-state index contributed by atoms with van der Waals surface area (Å²) < 4.78 is 33.5. The Kier molecular flexibility index (Phi) is 7.75. The zero-order valence-corrected chi connectivity index (χ0v) is 22.8. The minimum absolute atomic E-state index is 0.0178. The molecule has 2 N–H and O–H groups in total. The first-order valence-corrected chi connectivity index (χ1v) is 14.2. The first-order chi connectivity index (χ1) is 17.6. The van der Waals surface area contributed by atoms with E-state index in [9.17, 15) is 18.0 Å². The van der Waals surface area contributed by atoms with E-state index in [-0.39, 0.29) is 35.6 Å². The van der Waals surface area contributed by atoms with Gasteiger partial charge in [-0.25, -0.2) is 12.7 Å². The average Bonchev–Trinajstić information content (AvgIpc) is 3.18. The van der Waals surface area contributed by atoms with Crippen LogP contribution in [0.4, 0.5) is 0 Å². The second kappa shape index (κ2) is 10.7. The van der Waals surface area contributed by atoms with Crippen molar-refractivity contribution in [1.29, 1.82) is 0 Å². The van der Waals surface area contributed by atoms with Gasteiger partial charge in [0.2, 0.25) is 10.0 Å². The number of sulfonamides is 1. The quantitative estimate of drug-likeness (QED) is 0.462. The van der Waals surface area contributed by atoms with Crippen LogP contribution in [0.2, 0.25) is 0 Å². The zero-order valence-electron chi connectivity index (χ0n) is 22.0. The summed E-state index contributed by atoms with van der Waals surface area (Å²) in [5, 5.41) is 2.89. The van der Waals surface area contributed by atoms with E-state index in [1.54, 1.807) is 36.6 Å². The molecule has 3 aromatic heterocycles. The standard InChI is InChI=1S/C26H35N5O5S/c1-6-37(34,35)30-10-7-19(8-11-30)17(3)24-18(4)23(21-15-27-9-12-31(21)24)26(33)28-14-20-22(36-5)13-16(2)29-25(20)32/h9,12-13,15,17,19H,6-8,10-11,14H2,1-5H3,(H,28,33)(H,29,32)/t17-/m0/s1. The van der Waals surface area contributed by atoms with Crippen LogP contribution < -0.4 is 15.6 Å². The third-order valence-corrected chi connectivity index (χ3v) is 9.41. The molecule has 1 fully saturated rings. The number of aryl methyl sites for hydroxylation is 1. The summed E-state index contributed by atoms with van der Waals surface area (Å²) in [4.78, 5) is 32.9. The van der Waals surface area contributed by atoms with Crippen LogP contribution in [0.3, 0.4) is 0 Å². The third kappa shape index (κ3) is 5.15. The first-order valence-electron chi connectivity index (χ1n) is 12.6. The van der Waals surface area contributed by atoms with Gasteiger partial charge in [0, 0.05) is 36.9 Å². The highest BCUT2D eigenvalue weighted by atomic mass is 32.2. The van der Waals surface area contributed by atoms with Crippen molar-refractivity contribution in [2.75, 3.05) is 26.0 Å². The molecule has 0 aliphatic carbocycles. The number of fused-ring (bicyclic) bond motifs is 1. The van der Waals surface area contributed by atoms with Gasteiger partial charge in [-0.1, -0.05) is 6.92 Å². The Morgan fingerprint density at radius 2 is 2.00 bits per heavy atom. The van der Waals surface area contributed by atoms with Gasteiger partial charge in [0.15, 0.2) is 0 Å². The summed E-state index contributed by atoms with van der Waals surface area (Å²) in [6.07, 6.45) is 6.74. The SMILES string of the molecule is CCS(=O)(=O)N1CCC([C@H](C)c2c(C)c(C(=O)NCc3c(OC)cc(C)[nH]c3=O)c3cnccn23)CC1. The van der Waals surface area contributed by atoms with Crippen molar-refractivity contribution in [3.05, 3.63) is 63.1 Å². The van der Waals surface area contributed by atoms with Crippen LogP contribution in [0.15, 0.2) is 29.5 Å². The molecule has 11 heteroatoms. The van der Waals surface area contributed by atoms with E-state index >= 15 is 0 Å². The van der Waals surface area contributed by atoms with Crippen molar-refractivity contribution in [2.24, 2.45) is 5.92 Å². The number of rotatable bonds is 8. The number of amides is 1. The van der Waals surface area contributed by atoms with Crippen molar-refractivity contribution in [3.63, 3.8) is 0 Å². The second-order valence-corrected chi connectivity index (χ2v) is 11.9. The molecule has 37 heavy (non-hydrogen) atoms. The van der Waals surface area contributed by atoms with Crippen LogP contribution in [0.5, 0.6) is 5.75 Å². The number of aromatic amines is 1. The van der Waals surface area contributed by atoms with Crippen molar-refractivity contribution in [2.45, 2.75) is 53.0 Å². The van der Waals surface area contributed by atoms with E-state index in [1.807, 2.05) is 17.5 Å². The number of nitrogens with zero attached hydrogens (tertiary/aromatic N) is 3. The molecule has 200 valence electrons. The molecule has 1 atom stereocenters. The number of hydrogen-bond acceptors (Lipinski definition) is 6. The molecular weight excluding hydrogens is 494 g/mol. The lowest BCUT2D eigenvalue weighted by atomic mass is 9.82. The normalized spacial score (nSPS) is 16.1. The van der Waals surface area contributed by atoms with E-state index in [0.717, 1.165) is 24.1 Å². The number of piperidine rings is 1. The van der Waals surface area contributed by atoms with Crippen LogP contribution in [0.1, 0.15) is 65.5 Å². The Bertz CT molecular complexity index is 1470. The number of ether oxygens (including phenoxy) is 1. The second-order valence-electron chi connectivity index (χ2n) is 9.65. The highest BCUT2D eigenvalue weighted by Crippen LogP contribution is 2.37. The Balaban J connectivity index is 1.61. The molecule has 4 heterocycles. The number of carbonyl (C=O) groups is 1. The topological polar surface area (TPSA) is 126 Å². The fraction of sp³-hybridized carbons (Fsp3) is 0.500. The monoisotopic (exact) mass is 529 g/mol. The van der Waals surface area contributed by atoms with Crippen molar-refractivity contribution in [3.8, 4) is 5.75 Å². The maximum absolute atomic E-state index is 13.5. The van der Waals surface area contributed by atoms with Crippen molar-refractivity contribution in [1.82, 2.24) is 24.0 Å². The van der Waals surface area contributed by atoms with Crippen LogP contribution in [0, 0.1) is 19.8 Å². The first kappa shape index (κ1) is 26.9. The number of aromatic nitrogens is 3. The molecule has 0 radical (unpaired) electrons. The Labute approximate surface area is 217 Å². The van der Waals surface area contributed by atoms with Gasteiger partial charge < -0.3 is 19.4 Å². The molecule has 1 amide bonds. The summed E-state index contributed by atoms with van der Waals surface area (Å²) in [6.45, 7) is 8.55. The lowest BCUT2D eigenvalue weighted by Gasteiger charge is -2.34. The molecule has 0 aromatic carbocycles. The van der Waals surface area contributed by atoms with Gasteiger partial charge in [-0.05, 0) is 57.1 Å². The summed E-state index contributed by atoms with van der Waals surface area (Å²) in [6, 6.07) is 1.72. The van der Waals surface area contributed by atoms with Gasteiger partial charge in [0.25, 0.3) is 11.5 Å². The van der Waals surface area contributed by atoms with Crippen molar-refractivity contribution < 1.29 is 17.9 Å². The summed E-state index contributed by atoms with van der Waals surface area (Å²) in [7, 11) is -1.70. The smallest absolute Gasteiger partial charge is 0.256 e. The Morgan fingerprint density at radius 3 is 2.65 bits per heavy atom. The molecule has 1 aliphatic heterocycles. The number of methoxy groups -OCH3 is 1. The lowest BCUT2D eigenvalue weighted by molar-refractivity contribution is 0.0951. The molecule has 1 aliphatic rings. The van der Waals surface area contributed by atoms with Gasteiger partial charge in [0.1, 0.15) is 5.75 Å². The molecule has 0 saturated carbocycles. The summed E-state index contributed by atoms with van der Waals surface area (Å²) in [5.41, 5.74) is 3.80. The molecule has 0 unspecified atom stereocenters. The van der Waals surface area contributed by atoms with E-state index in [2.05, 4.69) is 22.2 Å².